The maximum Gasteiger partial charge on any atom is 0.00103 e. The molecule has 0 nitrogen and oxygen atoms in total. The Morgan fingerprint density at radius 2 is 1.04 bits per heavy atom. The summed E-state index contributed by atoms with van der Waals surface area (Å²) in [5.41, 5.74) is 13.0. The number of rotatable bonds is 3. The second kappa shape index (κ2) is 5.97. The fourth-order valence-electron chi connectivity index (χ4n) is 6.46. The molecule has 2 unspecified atom stereocenters. The average molecular weight is 361 g/mol. The summed E-state index contributed by atoms with van der Waals surface area (Å²) < 4.78 is 0. The molecule has 0 fully saturated rings. The summed E-state index contributed by atoms with van der Waals surface area (Å²) in [7, 11) is 0. The van der Waals surface area contributed by atoms with E-state index in [0.29, 0.717) is 11.8 Å². The standard InChI is InChI=1S/C27H36/c1-9-17-13-20-22(12-16(17)4)26(5,6)25-21-14-18(10-2)19(11-3)15-23(21)27(7,8)24(20)25/h12-15,24-25H,9-11H2,1-8H3. The first-order valence-corrected chi connectivity index (χ1v) is 11.0. The minimum atomic E-state index is 0.193. The maximum atomic E-state index is 2.59. The first kappa shape index (κ1) is 18.8. The molecule has 2 aliphatic carbocycles. The highest BCUT2D eigenvalue weighted by Gasteiger charge is 2.58. The number of fused-ring (bicyclic) bond motifs is 5. The Labute approximate surface area is 166 Å². The third-order valence-electron chi connectivity index (χ3n) is 7.97. The van der Waals surface area contributed by atoms with Gasteiger partial charge in [0.2, 0.25) is 0 Å². The van der Waals surface area contributed by atoms with Crippen LogP contribution in [0.1, 0.15) is 105 Å². The Balaban J connectivity index is 2.00. The topological polar surface area (TPSA) is 0 Å². The Bertz CT molecular complexity index is 910. The van der Waals surface area contributed by atoms with Gasteiger partial charge in [0.25, 0.3) is 0 Å². The third kappa shape index (κ3) is 2.35. The lowest BCUT2D eigenvalue weighted by Gasteiger charge is -2.31. The highest BCUT2D eigenvalue weighted by molar-refractivity contribution is 5.62. The first-order chi connectivity index (χ1) is 12.7. The zero-order valence-corrected chi connectivity index (χ0v) is 18.6. The van der Waals surface area contributed by atoms with Crippen LogP contribution in [0.15, 0.2) is 24.3 Å². The fraction of sp³-hybridized carbons (Fsp3) is 0.556. The van der Waals surface area contributed by atoms with E-state index in [4.69, 9.17) is 0 Å². The molecular weight excluding hydrogens is 324 g/mol. The Hall–Kier alpha value is -1.56. The van der Waals surface area contributed by atoms with E-state index in [1.165, 1.54) is 11.1 Å². The van der Waals surface area contributed by atoms with E-state index in [0.717, 1.165) is 19.3 Å². The van der Waals surface area contributed by atoms with E-state index >= 15 is 0 Å². The minimum absolute atomic E-state index is 0.193. The maximum absolute atomic E-state index is 2.59. The molecule has 0 N–H and O–H groups in total. The molecule has 0 bridgehead atoms. The first-order valence-electron chi connectivity index (χ1n) is 11.0. The smallest absolute Gasteiger partial charge is 0.00103 e. The zero-order chi connectivity index (χ0) is 19.7. The van der Waals surface area contributed by atoms with Crippen LogP contribution in [-0.2, 0) is 30.1 Å². The van der Waals surface area contributed by atoms with Gasteiger partial charge in [-0.25, -0.2) is 0 Å². The van der Waals surface area contributed by atoms with Crippen LogP contribution in [0, 0.1) is 6.92 Å². The van der Waals surface area contributed by atoms with Gasteiger partial charge >= 0.3 is 0 Å². The largest absolute Gasteiger partial charge is 0.0613 e. The quantitative estimate of drug-likeness (QED) is 0.546. The molecule has 0 radical (unpaired) electrons. The second-order valence-electron chi connectivity index (χ2n) is 10.0. The Morgan fingerprint density at radius 1 is 0.630 bits per heavy atom. The van der Waals surface area contributed by atoms with Crippen molar-refractivity contribution < 1.29 is 0 Å². The molecule has 2 atom stereocenters. The van der Waals surface area contributed by atoms with Crippen molar-refractivity contribution in [2.45, 2.75) is 97.3 Å². The van der Waals surface area contributed by atoms with Crippen LogP contribution in [0.25, 0.3) is 0 Å². The molecule has 144 valence electrons. The van der Waals surface area contributed by atoms with Gasteiger partial charge in [0.15, 0.2) is 0 Å². The third-order valence-corrected chi connectivity index (χ3v) is 7.97. The number of hydrogen-bond acceptors (Lipinski definition) is 0. The second-order valence-corrected chi connectivity index (χ2v) is 10.0. The molecule has 4 rings (SSSR count). The lowest BCUT2D eigenvalue weighted by Crippen LogP contribution is -2.25. The van der Waals surface area contributed by atoms with Crippen molar-refractivity contribution in [1.82, 2.24) is 0 Å². The van der Waals surface area contributed by atoms with Crippen molar-refractivity contribution in [1.29, 1.82) is 0 Å². The van der Waals surface area contributed by atoms with Crippen molar-refractivity contribution in [3.8, 4) is 0 Å². The number of hydrogen-bond donors (Lipinski definition) is 0. The molecule has 0 amide bonds. The molecule has 2 aromatic carbocycles. The summed E-state index contributed by atoms with van der Waals surface area (Å²) in [6.07, 6.45) is 3.41. The van der Waals surface area contributed by atoms with Crippen molar-refractivity contribution in [2.24, 2.45) is 0 Å². The van der Waals surface area contributed by atoms with E-state index < -0.39 is 0 Å². The van der Waals surface area contributed by atoms with Gasteiger partial charge in [-0.2, -0.15) is 0 Å². The van der Waals surface area contributed by atoms with Crippen molar-refractivity contribution >= 4 is 0 Å². The normalized spacial score (nSPS) is 23.9. The van der Waals surface area contributed by atoms with Crippen LogP contribution in [0.3, 0.4) is 0 Å². The average Bonchev–Trinajstić information content (AvgIpc) is 3.01. The molecule has 0 aromatic heterocycles. The van der Waals surface area contributed by atoms with Crippen molar-refractivity contribution in [2.75, 3.05) is 0 Å². The van der Waals surface area contributed by atoms with Gasteiger partial charge < -0.3 is 0 Å². The van der Waals surface area contributed by atoms with Crippen LogP contribution in [-0.4, -0.2) is 0 Å². The predicted octanol–water partition coefficient (Wildman–Crippen LogP) is 7.13. The van der Waals surface area contributed by atoms with Crippen LogP contribution in [0.4, 0.5) is 0 Å². The lowest BCUT2D eigenvalue weighted by molar-refractivity contribution is 0.348. The lowest BCUT2D eigenvalue weighted by atomic mass is 9.72. The molecule has 0 saturated carbocycles. The van der Waals surface area contributed by atoms with Gasteiger partial charge in [-0.3, -0.25) is 0 Å². The van der Waals surface area contributed by atoms with Crippen molar-refractivity contribution in [3.63, 3.8) is 0 Å². The Morgan fingerprint density at radius 3 is 1.52 bits per heavy atom. The molecule has 0 heteroatoms. The van der Waals surface area contributed by atoms with Gasteiger partial charge in [0.05, 0.1) is 0 Å². The van der Waals surface area contributed by atoms with Crippen LogP contribution >= 0.6 is 0 Å². The van der Waals surface area contributed by atoms with Gasteiger partial charge in [-0.05, 0) is 81.5 Å². The summed E-state index contributed by atoms with van der Waals surface area (Å²) in [5, 5.41) is 0. The Kier molecular flexibility index (Phi) is 4.15. The van der Waals surface area contributed by atoms with Gasteiger partial charge in [-0.1, -0.05) is 72.7 Å². The highest BCUT2D eigenvalue weighted by atomic mass is 14.6. The minimum Gasteiger partial charge on any atom is -0.0613 e. The molecule has 27 heavy (non-hydrogen) atoms. The molecule has 0 heterocycles. The highest BCUT2D eigenvalue weighted by Crippen LogP contribution is 2.67. The van der Waals surface area contributed by atoms with E-state index in [9.17, 15) is 0 Å². The molecule has 0 aliphatic heterocycles. The SMILES string of the molecule is CCc1cc2c(cc1C)C(C)(C)C1c3cc(CC)c(CC)cc3C(C)(C)C21. The number of benzene rings is 2. The van der Waals surface area contributed by atoms with Crippen LogP contribution < -0.4 is 0 Å². The van der Waals surface area contributed by atoms with E-state index in [1.807, 2.05) is 0 Å². The van der Waals surface area contributed by atoms with Crippen LogP contribution in [0.2, 0.25) is 0 Å². The van der Waals surface area contributed by atoms with Gasteiger partial charge in [-0.15, -0.1) is 0 Å². The van der Waals surface area contributed by atoms with Crippen LogP contribution in [0.5, 0.6) is 0 Å². The monoisotopic (exact) mass is 360 g/mol. The van der Waals surface area contributed by atoms with Crippen molar-refractivity contribution in [3.05, 3.63) is 68.8 Å². The van der Waals surface area contributed by atoms with E-state index in [2.05, 4.69) is 79.7 Å². The van der Waals surface area contributed by atoms with Gasteiger partial charge in [0, 0.05) is 11.8 Å². The van der Waals surface area contributed by atoms with E-state index in [1.54, 1.807) is 33.4 Å². The summed E-state index contributed by atoms with van der Waals surface area (Å²) in [6, 6.07) is 10.2. The van der Waals surface area contributed by atoms with E-state index in [-0.39, 0.29) is 10.8 Å². The fourth-order valence-corrected chi connectivity index (χ4v) is 6.46. The van der Waals surface area contributed by atoms with Gasteiger partial charge in [0.1, 0.15) is 0 Å². The summed E-state index contributed by atoms with van der Waals surface area (Å²) in [5.74, 6) is 1.19. The molecular formula is C27H36. The predicted molar refractivity (Wildman–Crippen MR) is 117 cm³/mol. The summed E-state index contributed by atoms with van der Waals surface area (Å²) >= 11 is 0. The molecule has 2 aliphatic rings. The molecule has 2 aromatic rings. The number of aryl methyl sites for hydroxylation is 4. The summed E-state index contributed by atoms with van der Waals surface area (Å²) in [4.78, 5) is 0. The molecule has 0 spiro atoms. The molecule has 0 saturated heterocycles. The summed E-state index contributed by atoms with van der Waals surface area (Å²) in [6.45, 7) is 19.2. The zero-order valence-electron chi connectivity index (χ0n) is 18.6.